The second kappa shape index (κ2) is 5.84. The molecular weight excluding hydrogens is 309 g/mol. The minimum absolute atomic E-state index is 0.120. The summed E-state index contributed by atoms with van der Waals surface area (Å²) in [5.41, 5.74) is -1.48. The Bertz CT molecular complexity index is 254. The molecule has 0 aromatic rings. The van der Waals surface area contributed by atoms with E-state index >= 15 is 0 Å². The van der Waals surface area contributed by atoms with Crippen LogP contribution in [0.25, 0.3) is 0 Å². The van der Waals surface area contributed by atoms with Crippen molar-refractivity contribution in [3.63, 3.8) is 0 Å². The quantitative estimate of drug-likeness (QED) is 0.553. The summed E-state index contributed by atoms with van der Waals surface area (Å²) in [6.45, 7) is 7.03. The van der Waals surface area contributed by atoms with Gasteiger partial charge < -0.3 is 4.74 Å². The van der Waals surface area contributed by atoms with Gasteiger partial charge in [0.25, 0.3) is 0 Å². The molecule has 0 N–H and O–H groups in total. The Labute approximate surface area is 118 Å². The largest absolute Gasteiger partial charge is 0.371 e. The predicted molar refractivity (Wildman–Crippen MR) is 96.7 cm³/mol. The van der Waals surface area contributed by atoms with E-state index in [4.69, 9.17) is 4.74 Å². The van der Waals surface area contributed by atoms with E-state index in [1.165, 1.54) is 0 Å². The van der Waals surface area contributed by atoms with Crippen LogP contribution in [0.3, 0.4) is 0 Å². The molecule has 8 heteroatoms. The van der Waals surface area contributed by atoms with E-state index in [2.05, 4.69) is 46.2 Å². The molecule has 0 fully saturated rings. The molecule has 0 rings (SSSR count). The maximum absolute atomic E-state index is 14.5. The fourth-order valence-corrected chi connectivity index (χ4v) is 2.48. The number of hydrogen-bond donors (Lipinski definition) is 0. The van der Waals surface area contributed by atoms with E-state index in [1.54, 1.807) is 13.8 Å². The Kier molecular flexibility index (Phi) is 6.57. The lowest BCUT2D eigenvalue weighted by atomic mass is 9.93. The first-order chi connectivity index (χ1) is 7.13. The average molecular weight is 334 g/mol. The van der Waals surface area contributed by atoms with Gasteiger partial charge in [-0.15, -0.1) is 37.0 Å². The van der Waals surface area contributed by atoms with Crippen LogP contribution in [0.2, 0.25) is 0 Å². The van der Waals surface area contributed by atoms with Crippen LogP contribution in [0.1, 0.15) is 27.7 Å². The second-order valence-corrected chi connectivity index (χ2v) is 12.7. The first kappa shape index (κ1) is 19.1. The highest BCUT2D eigenvalue weighted by atomic mass is 31.1. The van der Waals surface area contributed by atoms with E-state index in [0.717, 1.165) is 0 Å². The van der Waals surface area contributed by atoms with Crippen molar-refractivity contribution in [3.8, 4) is 0 Å². The van der Waals surface area contributed by atoms with Gasteiger partial charge >= 0.3 is 0 Å². The number of ether oxygens (including phenoxy) is 1. The molecular formula is C9H25BFOP5. The molecule has 0 amide bonds. The monoisotopic (exact) mass is 334 g/mol. The highest BCUT2D eigenvalue weighted by Crippen LogP contribution is 2.53. The highest BCUT2D eigenvalue weighted by molar-refractivity contribution is 7.42. The Balaban J connectivity index is 5.27. The van der Waals surface area contributed by atoms with Crippen molar-refractivity contribution in [2.75, 3.05) is 0 Å². The number of rotatable bonds is 5. The van der Waals surface area contributed by atoms with Crippen LogP contribution < -0.4 is 0 Å². The lowest BCUT2D eigenvalue weighted by Gasteiger charge is -2.50. The number of hydrogen-bond acceptors (Lipinski definition) is 1. The Morgan fingerprint density at radius 3 is 1.53 bits per heavy atom. The Hall–Kier alpha value is 2.10. The zero-order chi connectivity index (χ0) is 14.3. The van der Waals surface area contributed by atoms with E-state index in [1.807, 2.05) is 21.7 Å². The zero-order valence-electron chi connectivity index (χ0n) is 11.3. The molecule has 0 bridgehead atoms. The van der Waals surface area contributed by atoms with E-state index in [9.17, 15) is 4.39 Å². The third kappa shape index (κ3) is 4.85. The molecule has 0 aliphatic heterocycles. The first-order valence-corrected chi connectivity index (χ1v) is 8.32. The van der Waals surface area contributed by atoms with Gasteiger partial charge in [0, 0.05) is 15.8 Å². The number of alkyl halides is 1. The van der Waals surface area contributed by atoms with Crippen LogP contribution >= 0.6 is 46.2 Å². The summed E-state index contributed by atoms with van der Waals surface area (Å²) in [6.07, 6.45) is 0. The van der Waals surface area contributed by atoms with Gasteiger partial charge in [-0.3, -0.25) is 0 Å². The molecule has 7 atom stereocenters. The normalized spacial score (nSPS) is 19.9. The van der Waals surface area contributed by atoms with Gasteiger partial charge in [0.05, 0.1) is 0 Å². The standard InChI is InChI=1S/C9H25BFOP5/c1-6(2,11)9(17,8(4,15)16)12-5(10)7(3,13)14/h5H,10,13-17H2,1-4H3. The van der Waals surface area contributed by atoms with Gasteiger partial charge in [-0.25, -0.2) is 4.39 Å². The van der Waals surface area contributed by atoms with Gasteiger partial charge in [0.1, 0.15) is 18.9 Å². The topological polar surface area (TPSA) is 9.23 Å². The third-order valence-corrected chi connectivity index (χ3v) is 6.83. The summed E-state index contributed by atoms with van der Waals surface area (Å²) in [4.78, 5) is -0.668. The maximum Gasteiger partial charge on any atom is 0.140 e. The maximum atomic E-state index is 14.5. The van der Waals surface area contributed by atoms with Gasteiger partial charge in [-0.05, 0) is 20.8 Å². The summed E-state index contributed by atoms with van der Waals surface area (Å²) in [5.74, 6) is 0. The van der Waals surface area contributed by atoms with Crippen molar-refractivity contribution >= 4 is 54.0 Å². The second-order valence-electron chi connectivity index (χ2n) is 5.62. The van der Waals surface area contributed by atoms with E-state index in [-0.39, 0.29) is 10.9 Å². The summed E-state index contributed by atoms with van der Waals surface area (Å²) in [7, 11) is 15.2. The molecule has 0 heterocycles. The van der Waals surface area contributed by atoms with Crippen LogP contribution in [0, 0.1) is 0 Å². The smallest absolute Gasteiger partial charge is 0.140 e. The Morgan fingerprint density at radius 2 is 1.35 bits per heavy atom. The molecule has 0 radical (unpaired) electrons. The first-order valence-electron chi connectivity index (χ1n) is 5.44. The fraction of sp³-hybridized carbons (Fsp3) is 1.00. The molecule has 7 unspecified atom stereocenters. The van der Waals surface area contributed by atoms with Gasteiger partial charge in [-0.1, -0.05) is 16.2 Å². The summed E-state index contributed by atoms with van der Waals surface area (Å²) < 4.78 is 20.5. The van der Waals surface area contributed by atoms with Crippen molar-refractivity contribution in [1.29, 1.82) is 0 Å². The van der Waals surface area contributed by atoms with Crippen molar-refractivity contribution < 1.29 is 9.13 Å². The van der Waals surface area contributed by atoms with Crippen LogP contribution in [0.15, 0.2) is 0 Å². The molecule has 17 heavy (non-hydrogen) atoms. The average Bonchev–Trinajstić information content (AvgIpc) is 1.97. The van der Waals surface area contributed by atoms with Crippen molar-refractivity contribution in [3.05, 3.63) is 0 Å². The lowest BCUT2D eigenvalue weighted by Crippen LogP contribution is -2.57. The van der Waals surface area contributed by atoms with Gasteiger partial charge in [0.15, 0.2) is 0 Å². The molecule has 0 saturated carbocycles. The van der Waals surface area contributed by atoms with Gasteiger partial charge in [-0.2, -0.15) is 0 Å². The molecule has 0 aromatic heterocycles. The molecule has 102 valence electrons. The van der Waals surface area contributed by atoms with Crippen molar-refractivity contribution in [1.82, 2.24) is 0 Å². The summed E-state index contributed by atoms with van der Waals surface area (Å²) in [5, 5.41) is -0.997. The molecule has 0 aromatic carbocycles. The SMILES string of the molecule is BC(OC(P)(C(C)(C)F)C(C)(P)P)C(C)(P)P. The summed E-state index contributed by atoms with van der Waals surface area (Å²) in [6, 6.07) is -0.120. The van der Waals surface area contributed by atoms with Crippen LogP contribution in [-0.4, -0.2) is 34.7 Å². The van der Waals surface area contributed by atoms with Crippen molar-refractivity contribution in [2.24, 2.45) is 0 Å². The zero-order valence-corrected chi connectivity index (χ0v) is 17.0. The minimum atomic E-state index is -1.48. The molecule has 1 nitrogen and oxygen atoms in total. The fourth-order valence-electron chi connectivity index (χ4n) is 1.31. The van der Waals surface area contributed by atoms with Gasteiger partial charge in [0.2, 0.25) is 0 Å². The van der Waals surface area contributed by atoms with Crippen LogP contribution in [0.5, 0.6) is 0 Å². The summed E-state index contributed by atoms with van der Waals surface area (Å²) >= 11 is 0. The predicted octanol–water partition coefficient (Wildman–Crippen LogP) is 2.21. The molecule has 0 saturated heterocycles. The van der Waals surface area contributed by atoms with Crippen LogP contribution in [0.4, 0.5) is 4.39 Å². The molecule has 0 spiro atoms. The molecule has 0 aliphatic rings. The van der Waals surface area contributed by atoms with Crippen molar-refractivity contribution in [2.45, 2.75) is 54.5 Å². The Morgan fingerprint density at radius 1 is 1.00 bits per heavy atom. The lowest BCUT2D eigenvalue weighted by molar-refractivity contribution is -0.0897. The third-order valence-electron chi connectivity index (χ3n) is 2.92. The van der Waals surface area contributed by atoms with E-state index < -0.39 is 15.9 Å². The van der Waals surface area contributed by atoms with Crippen LogP contribution in [-0.2, 0) is 4.74 Å². The molecule has 0 aliphatic carbocycles. The minimum Gasteiger partial charge on any atom is -0.371 e. The number of halogens is 1. The highest BCUT2D eigenvalue weighted by Gasteiger charge is 2.53. The van der Waals surface area contributed by atoms with E-state index in [0.29, 0.717) is 0 Å².